The summed E-state index contributed by atoms with van der Waals surface area (Å²) >= 11 is 0. The number of nitrogens with zero attached hydrogens (tertiary/aromatic N) is 1. The lowest BCUT2D eigenvalue weighted by atomic mass is 10.1. The first kappa shape index (κ1) is 15.8. The Bertz CT molecular complexity index is 487. The molecule has 110 valence electrons. The van der Waals surface area contributed by atoms with Crippen molar-refractivity contribution in [2.45, 2.75) is 13.3 Å². The van der Waals surface area contributed by atoms with E-state index < -0.39 is 0 Å². The highest BCUT2D eigenvalue weighted by Gasteiger charge is 2.13. The van der Waals surface area contributed by atoms with Gasteiger partial charge in [-0.3, -0.25) is 9.59 Å². The third-order valence-electron chi connectivity index (χ3n) is 2.67. The van der Waals surface area contributed by atoms with Gasteiger partial charge in [-0.1, -0.05) is 0 Å². The molecule has 1 amide bonds. The highest BCUT2D eigenvalue weighted by atomic mass is 16.5. The molecule has 1 rings (SSSR count). The molecule has 20 heavy (non-hydrogen) atoms. The molecule has 0 aliphatic rings. The van der Waals surface area contributed by atoms with E-state index in [4.69, 9.17) is 10.5 Å². The molecule has 0 heterocycles. The van der Waals surface area contributed by atoms with Gasteiger partial charge in [-0.05, 0) is 25.1 Å². The molecule has 3 N–H and O–H groups in total. The van der Waals surface area contributed by atoms with Gasteiger partial charge in [-0.15, -0.1) is 0 Å². The Morgan fingerprint density at radius 3 is 2.65 bits per heavy atom. The van der Waals surface area contributed by atoms with E-state index >= 15 is 0 Å². The maximum atomic E-state index is 12.1. The Morgan fingerprint density at radius 2 is 2.05 bits per heavy atom. The number of carbonyl (C=O) groups excluding carboxylic acids is 2. The number of benzene rings is 1. The molecule has 1 aromatic rings. The van der Waals surface area contributed by atoms with Crippen LogP contribution in [0.2, 0.25) is 0 Å². The average Bonchev–Trinajstić information content (AvgIpc) is 2.38. The Morgan fingerprint density at radius 1 is 1.35 bits per heavy atom. The predicted molar refractivity (Wildman–Crippen MR) is 78.8 cm³/mol. The van der Waals surface area contributed by atoms with Crippen molar-refractivity contribution in [3.05, 3.63) is 23.8 Å². The minimum Gasteiger partial charge on any atom is -0.466 e. The number of carbonyl (C=O) groups is 2. The quantitative estimate of drug-likeness (QED) is 0.600. The molecule has 0 radical (unpaired) electrons. The van der Waals surface area contributed by atoms with Crippen LogP contribution in [0, 0.1) is 0 Å². The molecule has 0 saturated heterocycles. The number of nitrogens with one attached hydrogen (secondary N) is 1. The maximum absolute atomic E-state index is 12.1. The number of ether oxygens (including phenoxy) is 1. The third kappa shape index (κ3) is 4.46. The van der Waals surface area contributed by atoms with Crippen molar-refractivity contribution in [3.8, 4) is 0 Å². The van der Waals surface area contributed by atoms with Gasteiger partial charge >= 0.3 is 5.97 Å². The lowest BCUT2D eigenvalue weighted by molar-refractivity contribution is -0.142. The van der Waals surface area contributed by atoms with Gasteiger partial charge in [0.2, 0.25) is 0 Å². The van der Waals surface area contributed by atoms with E-state index in [9.17, 15) is 9.59 Å². The van der Waals surface area contributed by atoms with Gasteiger partial charge in [-0.25, -0.2) is 0 Å². The van der Waals surface area contributed by atoms with Crippen LogP contribution in [0.3, 0.4) is 0 Å². The molecule has 0 fully saturated rings. The van der Waals surface area contributed by atoms with Crippen molar-refractivity contribution in [2.24, 2.45) is 0 Å². The van der Waals surface area contributed by atoms with E-state index in [1.165, 1.54) is 0 Å². The molecule has 6 nitrogen and oxygen atoms in total. The van der Waals surface area contributed by atoms with Crippen LogP contribution in [0.25, 0.3) is 0 Å². The lowest BCUT2D eigenvalue weighted by Gasteiger charge is -2.17. The molecular formula is C14H21N3O3. The van der Waals surface area contributed by atoms with E-state index in [2.05, 4.69) is 5.32 Å². The number of nitrogen functional groups attached to an aromatic ring is 1. The summed E-state index contributed by atoms with van der Waals surface area (Å²) < 4.78 is 4.79. The Kier molecular flexibility index (Phi) is 5.83. The number of hydrogen-bond donors (Lipinski definition) is 2. The first-order valence-electron chi connectivity index (χ1n) is 6.46. The smallest absolute Gasteiger partial charge is 0.307 e. The number of nitrogens with two attached hydrogens (primary N) is 1. The zero-order valence-electron chi connectivity index (χ0n) is 12.1. The van der Waals surface area contributed by atoms with Gasteiger partial charge in [0, 0.05) is 32.0 Å². The van der Waals surface area contributed by atoms with Crippen LogP contribution in [0.15, 0.2) is 18.2 Å². The molecule has 0 spiro atoms. The van der Waals surface area contributed by atoms with Crippen LogP contribution < -0.4 is 16.0 Å². The summed E-state index contributed by atoms with van der Waals surface area (Å²) in [6.45, 7) is 2.32. The molecular weight excluding hydrogens is 258 g/mol. The Hall–Kier alpha value is -2.24. The number of esters is 1. The normalized spacial score (nSPS) is 9.95. The van der Waals surface area contributed by atoms with Crippen molar-refractivity contribution in [2.75, 3.05) is 37.9 Å². The average molecular weight is 279 g/mol. The first-order chi connectivity index (χ1) is 9.45. The summed E-state index contributed by atoms with van der Waals surface area (Å²) in [6, 6.07) is 5.15. The molecule has 0 atom stereocenters. The second kappa shape index (κ2) is 7.37. The van der Waals surface area contributed by atoms with Crippen LogP contribution in [0.4, 0.5) is 11.4 Å². The van der Waals surface area contributed by atoms with Crippen LogP contribution >= 0.6 is 0 Å². The minimum atomic E-state index is -0.326. The summed E-state index contributed by atoms with van der Waals surface area (Å²) in [5, 5.41) is 2.69. The number of hydrogen-bond acceptors (Lipinski definition) is 5. The van der Waals surface area contributed by atoms with Crippen LogP contribution in [-0.4, -0.2) is 39.1 Å². The van der Waals surface area contributed by atoms with E-state index in [1.54, 1.807) is 25.1 Å². The molecule has 1 aromatic carbocycles. The monoisotopic (exact) mass is 279 g/mol. The Balaban J connectivity index is 2.67. The van der Waals surface area contributed by atoms with Crippen LogP contribution in [0.5, 0.6) is 0 Å². The van der Waals surface area contributed by atoms with Crippen LogP contribution in [0.1, 0.15) is 23.7 Å². The second-order valence-corrected chi connectivity index (χ2v) is 4.48. The SMILES string of the molecule is CCOC(=O)CCNC(=O)c1cc(N)ccc1N(C)C. The molecule has 0 bridgehead atoms. The number of rotatable bonds is 6. The maximum Gasteiger partial charge on any atom is 0.307 e. The highest BCUT2D eigenvalue weighted by Crippen LogP contribution is 2.21. The molecule has 0 saturated carbocycles. The fourth-order valence-corrected chi connectivity index (χ4v) is 1.73. The van der Waals surface area contributed by atoms with Gasteiger partial charge in [0.1, 0.15) is 0 Å². The van der Waals surface area contributed by atoms with E-state index in [-0.39, 0.29) is 24.8 Å². The first-order valence-corrected chi connectivity index (χ1v) is 6.46. The van der Waals surface area contributed by atoms with E-state index in [0.29, 0.717) is 17.9 Å². The molecule has 0 aliphatic heterocycles. The lowest BCUT2D eigenvalue weighted by Crippen LogP contribution is -2.28. The standard InChI is InChI=1S/C14H21N3O3/c1-4-20-13(18)7-8-16-14(19)11-9-10(15)5-6-12(11)17(2)3/h5-6,9H,4,7-8,15H2,1-3H3,(H,16,19). The molecule has 6 heteroatoms. The van der Waals surface area contributed by atoms with E-state index in [1.807, 2.05) is 19.0 Å². The zero-order chi connectivity index (χ0) is 15.1. The predicted octanol–water partition coefficient (Wildman–Crippen LogP) is 1.02. The second-order valence-electron chi connectivity index (χ2n) is 4.48. The van der Waals surface area contributed by atoms with Crippen molar-refractivity contribution in [1.29, 1.82) is 0 Å². The fourth-order valence-electron chi connectivity index (χ4n) is 1.73. The summed E-state index contributed by atoms with van der Waals surface area (Å²) in [6.07, 6.45) is 0.152. The summed E-state index contributed by atoms with van der Waals surface area (Å²) in [7, 11) is 3.70. The van der Waals surface area contributed by atoms with Gasteiger partial charge in [0.25, 0.3) is 5.91 Å². The number of anilines is 2. The van der Waals surface area contributed by atoms with E-state index in [0.717, 1.165) is 5.69 Å². The zero-order valence-corrected chi connectivity index (χ0v) is 12.1. The number of amides is 1. The van der Waals surface area contributed by atoms with Gasteiger partial charge in [0.05, 0.1) is 18.6 Å². The van der Waals surface area contributed by atoms with Gasteiger partial charge in [-0.2, -0.15) is 0 Å². The minimum absolute atomic E-state index is 0.152. The molecule has 0 unspecified atom stereocenters. The highest BCUT2D eigenvalue weighted by molar-refractivity contribution is 6.00. The molecule has 0 aliphatic carbocycles. The Labute approximate surface area is 118 Å². The van der Waals surface area contributed by atoms with Crippen molar-refractivity contribution < 1.29 is 14.3 Å². The summed E-state index contributed by atoms with van der Waals surface area (Å²) in [5.41, 5.74) is 7.49. The third-order valence-corrected chi connectivity index (χ3v) is 2.67. The van der Waals surface area contributed by atoms with Crippen molar-refractivity contribution in [3.63, 3.8) is 0 Å². The topological polar surface area (TPSA) is 84.7 Å². The van der Waals surface area contributed by atoms with Gasteiger partial charge in [0.15, 0.2) is 0 Å². The fraction of sp³-hybridized carbons (Fsp3) is 0.429. The summed E-state index contributed by atoms with van der Waals surface area (Å²) in [4.78, 5) is 25.1. The van der Waals surface area contributed by atoms with Crippen molar-refractivity contribution >= 4 is 23.3 Å². The van der Waals surface area contributed by atoms with Crippen LogP contribution in [-0.2, 0) is 9.53 Å². The van der Waals surface area contributed by atoms with Crippen molar-refractivity contribution in [1.82, 2.24) is 5.32 Å². The van der Waals surface area contributed by atoms with Gasteiger partial charge < -0.3 is 20.7 Å². The largest absolute Gasteiger partial charge is 0.466 e. The summed E-state index contributed by atoms with van der Waals surface area (Å²) in [5.74, 6) is -0.585. The molecule has 0 aromatic heterocycles.